The highest BCUT2D eigenvalue weighted by atomic mass is 35.5. The average Bonchev–Trinajstić information content (AvgIpc) is 2.65. The van der Waals surface area contributed by atoms with Gasteiger partial charge in [0.15, 0.2) is 0 Å². The number of benzene rings is 2. The molecule has 0 saturated heterocycles. The van der Waals surface area contributed by atoms with E-state index in [1.807, 2.05) is 38.1 Å². The maximum atomic E-state index is 13.1. The fourth-order valence-corrected chi connectivity index (χ4v) is 3.38. The van der Waals surface area contributed by atoms with Crippen LogP contribution in [0.3, 0.4) is 0 Å². The van der Waals surface area contributed by atoms with Crippen molar-refractivity contribution in [3.63, 3.8) is 0 Å². The normalized spacial score (nSPS) is 11.7. The van der Waals surface area contributed by atoms with Crippen LogP contribution in [0.1, 0.15) is 30.0 Å². The summed E-state index contributed by atoms with van der Waals surface area (Å²) < 4.78 is 0. The summed E-state index contributed by atoms with van der Waals surface area (Å²) in [5, 5.41) is 3.61. The molecule has 0 radical (unpaired) electrons. The largest absolute Gasteiger partial charge is 0.357 e. The van der Waals surface area contributed by atoms with Gasteiger partial charge in [0, 0.05) is 23.6 Å². The summed E-state index contributed by atoms with van der Waals surface area (Å²) >= 11 is 12.2. The quantitative estimate of drug-likeness (QED) is 0.740. The van der Waals surface area contributed by atoms with E-state index in [9.17, 15) is 9.59 Å². The molecule has 2 aromatic rings. The van der Waals surface area contributed by atoms with Crippen LogP contribution in [0.25, 0.3) is 0 Å². The smallest absolute Gasteiger partial charge is 0.242 e. The minimum Gasteiger partial charge on any atom is -0.357 e. The van der Waals surface area contributed by atoms with E-state index in [0.29, 0.717) is 28.6 Å². The number of rotatable bonds is 7. The SMILES string of the molecule is CC[C@@H](C(=O)NC)N(Cc1ccc(C)cc1)C(=O)Cc1ccc(Cl)cc1Cl. The molecule has 27 heavy (non-hydrogen) atoms. The molecular weight excluding hydrogens is 383 g/mol. The van der Waals surface area contributed by atoms with E-state index in [0.717, 1.165) is 11.1 Å². The zero-order valence-corrected chi connectivity index (χ0v) is 17.3. The molecule has 1 N–H and O–H groups in total. The van der Waals surface area contributed by atoms with E-state index in [-0.39, 0.29) is 18.2 Å². The van der Waals surface area contributed by atoms with Gasteiger partial charge in [-0.05, 0) is 36.6 Å². The van der Waals surface area contributed by atoms with E-state index in [1.165, 1.54) is 0 Å². The van der Waals surface area contributed by atoms with Crippen LogP contribution in [0.4, 0.5) is 0 Å². The number of hydrogen-bond donors (Lipinski definition) is 1. The van der Waals surface area contributed by atoms with Gasteiger partial charge in [-0.3, -0.25) is 9.59 Å². The highest BCUT2D eigenvalue weighted by molar-refractivity contribution is 6.35. The maximum Gasteiger partial charge on any atom is 0.242 e. The van der Waals surface area contributed by atoms with Crippen molar-refractivity contribution in [3.05, 3.63) is 69.2 Å². The second-order valence-electron chi connectivity index (χ2n) is 6.46. The van der Waals surface area contributed by atoms with Crippen molar-refractivity contribution >= 4 is 35.0 Å². The fraction of sp³-hybridized carbons (Fsp3) is 0.333. The van der Waals surface area contributed by atoms with Gasteiger partial charge < -0.3 is 10.2 Å². The van der Waals surface area contributed by atoms with Gasteiger partial charge in [-0.1, -0.05) is 66.0 Å². The highest BCUT2D eigenvalue weighted by Crippen LogP contribution is 2.23. The van der Waals surface area contributed by atoms with E-state index < -0.39 is 6.04 Å². The second-order valence-corrected chi connectivity index (χ2v) is 7.30. The third-order valence-corrected chi connectivity index (χ3v) is 5.05. The van der Waals surface area contributed by atoms with Gasteiger partial charge >= 0.3 is 0 Å². The predicted octanol–water partition coefficient (Wildman–Crippen LogP) is 4.40. The number of nitrogens with zero attached hydrogens (tertiary/aromatic N) is 1. The zero-order valence-electron chi connectivity index (χ0n) is 15.8. The lowest BCUT2D eigenvalue weighted by molar-refractivity contribution is -0.140. The molecule has 2 amide bonds. The number of carbonyl (C=O) groups is 2. The molecule has 0 fully saturated rings. The topological polar surface area (TPSA) is 49.4 Å². The molecule has 0 aromatic heterocycles. The second kappa shape index (κ2) is 9.77. The Morgan fingerprint density at radius 3 is 2.33 bits per heavy atom. The summed E-state index contributed by atoms with van der Waals surface area (Å²) in [7, 11) is 1.58. The lowest BCUT2D eigenvalue weighted by atomic mass is 10.1. The lowest BCUT2D eigenvalue weighted by Crippen LogP contribution is -2.48. The van der Waals surface area contributed by atoms with Crippen molar-refractivity contribution in [2.45, 2.75) is 39.3 Å². The molecular formula is C21H24Cl2N2O2. The number of likely N-dealkylation sites (N-methyl/N-ethyl adjacent to an activating group) is 1. The van der Waals surface area contributed by atoms with Crippen molar-refractivity contribution < 1.29 is 9.59 Å². The summed E-state index contributed by atoms with van der Waals surface area (Å²) in [5.74, 6) is -0.338. The molecule has 0 aliphatic heterocycles. The number of amides is 2. The molecule has 0 unspecified atom stereocenters. The molecule has 0 heterocycles. The van der Waals surface area contributed by atoms with Gasteiger partial charge in [0.05, 0.1) is 6.42 Å². The van der Waals surface area contributed by atoms with E-state index in [4.69, 9.17) is 23.2 Å². The number of aryl methyl sites for hydroxylation is 1. The van der Waals surface area contributed by atoms with Gasteiger partial charge in [-0.25, -0.2) is 0 Å². The van der Waals surface area contributed by atoms with Crippen molar-refractivity contribution in [3.8, 4) is 0 Å². The van der Waals surface area contributed by atoms with Crippen LogP contribution < -0.4 is 5.32 Å². The summed E-state index contributed by atoms with van der Waals surface area (Å²) in [5.41, 5.74) is 2.80. The Morgan fingerprint density at radius 1 is 1.11 bits per heavy atom. The molecule has 6 heteroatoms. The predicted molar refractivity (Wildman–Crippen MR) is 110 cm³/mol. The Hall–Kier alpha value is -2.04. The van der Waals surface area contributed by atoms with Crippen LogP contribution in [0.5, 0.6) is 0 Å². The molecule has 0 aliphatic rings. The van der Waals surface area contributed by atoms with Crippen LogP contribution in [0.2, 0.25) is 10.0 Å². The van der Waals surface area contributed by atoms with E-state index in [2.05, 4.69) is 5.32 Å². The Kier molecular flexibility index (Phi) is 7.69. The first-order chi connectivity index (χ1) is 12.8. The van der Waals surface area contributed by atoms with E-state index >= 15 is 0 Å². The van der Waals surface area contributed by atoms with Gasteiger partial charge in [0.2, 0.25) is 11.8 Å². The van der Waals surface area contributed by atoms with Crippen LogP contribution in [0, 0.1) is 6.92 Å². The number of carbonyl (C=O) groups excluding carboxylic acids is 2. The first kappa shape index (κ1) is 21.3. The number of halogens is 2. The lowest BCUT2D eigenvalue weighted by Gasteiger charge is -2.30. The minimum absolute atomic E-state index is 0.107. The van der Waals surface area contributed by atoms with E-state index in [1.54, 1.807) is 30.1 Å². The minimum atomic E-state index is -0.546. The van der Waals surface area contributed by atoms with Gasteiger partial charge in [-0.2, -0.15) is 0 Å². The van der Waals surface area contributed by atoms with Crippen LogP contribution in [0.15, 0.2) is 42.5 Å². The molecule has 1 atom stereocenters. The van der Waals surface area contributed by atoms with Gasteiger partial charge in [0.1, 0.15) is 6.04 Å². The first-order valence-corrected chi connectivity index (χ1v) is 9.61. The molecule has 0 saturated carbocycles. The monoisotopic (exact) mass is 406 g/mol. The molecule has 2 rings (SSSR count). The molecule has 144 valence electrons. The maximum absolute atomic E-state index is 13.1. The van der Waals surface area contributed by atoms with Crippen LogP contribution >= 0.6 is 23.2 Å². The van der Waals surface area contributed by atoms with Crippen molar-refractivity contribution in [2.75, 3.05) is 7.05 Å². The first-order valence-electron chi connectivity index (χ1n) is 8.86. The third kappa shape index (κ3) is 5.72. The Balaban J connectivity index is 2.30. The van der Waals surface area contributed by atoms with Crippen molar-refractivity contribution in [1.82, 2.24) is 10.2 Å². The molecule has 0 aliphatic carbocycles. The molecule has 0 bridgehead atoms. The summed E-state index contributed by atoms with van der Waals surface area (Å²) in [6.45, 7) is 4.26. The molecule has 2 aromatic carbocycles. The Labute approximate surface area is 170 Å². The highest BCUT2D eigenvalue weighted by Gasteiger charge is 2.28. The zero-order chi connectivity index (χ0) is 20.0. The number of hydrogen-bond acceptors (Lipinski definition) is 2. The number of nitrogens with one attached hydrogen (secondary N) is 1. The average molecular weight is 407 g/mol. The van der Waals surface area contributed by atoms with Crippen LogP contribution in [-0.2, 0) is 22.6 Å². The third-order valence-electron chi connectivity index (χ3n) is 4.46. The van der Waals surface area contributed by atoms with Gasteiger partial charge in [0.25, 0.3) is 0 Å². The van der Waals surface area contributed by atoms with Gasteiger partial charge in [-0.15, -0.1) is 0 Å². The standard InChI is InChI=1S/C21H24Cl2N2O2/c1-4-19(21(27)24-3)25(13-15-7-5-14(2)6-8-15)20(26)11-16-9-10-17(22)12-18(16)23/h5-10,12,19H,4,11,13H2,1-3H3,(H,24,27)/t19-/m0/s1. The molecule has 0 spiro atoms. The summed E-state index contributed by atoms with van der Waals surface area (Å²) in [6.07, 6.45) is 0.626. The fourth-order valence-electron chi connectivity index (χ4n) is 2.91. The summed E-state index contributed by atoms with van der Waals surface area (Å²) in [6, 6.07) is 12.5. The Morgan fingerprint density at radius 2 is 1.78 bits per heavy atom. The Bertz CT molecular complexity index is 806. The molecule has 4 nitrogen and oxygen atoms in total. The van der Waals surface area contributed by atoms with Crippen molar-refractivity contribution in [1.29, 1.82) is 0 Å². The van der Waals surface area contributed by atoms with Crippen LogP contribution in [-0.4, -0.2) is 29.8 Å². The summed E-state index contributed by atoms with van der Waals surface area (Å²) in [4.78, 5) is 27.1. The van der Waals surface area contributed by atoms with Crippen molar-refractivity contribution in [2.24, 2.45) is 0 Å².